The van der Waals surface area contributed by atoms with E-state index in [2.05, 4.69) is 15.4 Å². The number of para-hydroxylation sites is 1. The molecule has 0 unspecified atom stereocenters. The lowest BCUT2D eigenvalue weighted by Crippen LogP contribution is -2.20. The average Bonchev–Trinajstić information content (AvgIpc) is 2.78. The molecule has 8 nitrogen and oxygen atoms in total. The van der Waals surface area contributed by atoms with E-state index in [1.54, 1.807) is 66.7 Å². The summed E-state index contributed by atoms with van der Waals surface area (Å²) in [5.41, 5.74) is 7.40. The van der Waals surface area contributed by atoms with E-state index in [1.807, 2.05) is 0 Å². The maximum Gasteiger partial charge on any atom is 0.316 e. The molecule has 0 bridgehead atoms. The van der Waals surface area contributed by atoms with Gasteiger partial charge in [-0.2, -0.15) is 0 Å². The van der Waals surface area contributed by atoms with Crippen LogP contribution in [0.1, 0.15) is 11.1 Å². The van der Waals surface area contributed by atoms with Gasteiger partial charge in [0.05, 0.1) is 15.6 Å². The van der Waals surface area contributed by atoms with Crippen molar-refractivity contribution in [1.82, 2.24) is 5.32 Å². The SMILES string of the molecule is NC(=O)Nc1ccc(CNC(=O)/C=C/c2ccc(S(=O)(=O)Nc3ccccc3Cl)cc2)cc1. The molecule has 0 aliphatic carbocycles. The minimum atomic E-state index is -3.80. The fraction of sp³-hybridized carbons (Fsp3) is 0.0435. The van der Waals surface area contributed by atoms with Gasteiger partial charge in [0.15, 0.2) is 0 Å². The number of primary amides is 1. The molecule has 10 heteroatoms. The zero-order valence-electron chi connectivity index (χ0n) is 17.3. The molecule has 0 saturated heterocycles. The molecule has 5 N–H and O–H groups in total. The highest BCUT2D eigenvalue weighted by atomic mass is 35.5. The molecule has 0 aliphatic rings. The molecule has 0 fully saturated rings. The Morgan fingerprint density at radius 2 is 1.61 bits per heavy atom. The topological polar surface area (TPSA) is 130 Å². The molecule has 33 heavy (non-hydrogen) atoms. The first-order chi connectivity index (χ1) is 15.7. The summed E-state index contributed by atoms with van der Waals surface area (Å²) in [6.45, 7) is 0.297. The largest absolute Gasteiger partial charge is 0.351 e. The molecule has 0 saturated carbocycles. The predicted molar refractivity (Wildman–Crippen MR) is 129 cm³/mol. The molecule has 0 spiro atoms. The number of carbonyl (C=O) groups excluding carboxylic acids is 2. The summed E-state index contributed by atoms with van der Waals surface area (Å²) in [5, 5.41) is 5.49. The van der Waals surface area contributed by atoms with E-state index in [0.29, 0.717) is 28.5 Å². The zero-order chi connectivity index (χ0) is 23.8. The van der Waals surface area contributed by atoms with Crippen LogP contribution in [0.15, 0.2) is 83.8 Å². The summed E-state index contributed by atoms with van der Waals surface area (Å²) in [5.74, 6) is -0.313. The number of carbonyl (C=O) groups is 2. The average molecular weight is 485 g/mol. The summed E-state index contributed by atoms with van der Waals surface area (Å²) in [6, 6.07) is 18.8. The maximum atomic E-state index is 12.5. The lowest BCUT2D eigenvalue weighted by atomic mass is 10.2. The van der Waals surface area contributed by atoms with Crippen LogP contribution in [0.3, 0.4) is 0 Å². The molecule has 3 aromatic rings. The van der Waals surface area contributed by atoms with E-state index in [1.165, 1.54) is 18.2 Å². The van der Waals surface area contributed by atoms with Crippen LogP contribution in [0, 0.1) is 0 Å². The third-order valence-electron chi connectivity index (χ3n) is 4.42. The van der Waals surface area contributed by atoms with Crippen LogP contribution in [0.2, 0.25) is 5.02 Å². The van der Waals surface area contributed by atoms with Gasteiger partial charge in [0.1, 0.15) is 0 Å². The highest BCUT2D eigenvalue weighted by molar-refractivity contribution is 7.92. The van der Waals surface area contributed by atoms with Crippen molar-refractivity contribution in [3.05, 3.63) is 95.0 Å². The van der Waals surface area contributed by atoms with Crippen molar-refractivity contribution in [1.29, 1.82) is 0 Å². The van der Waals surface area contributed by atoms with E-state index in [9.17, 15) is 18.0 Å². The first-order valence-corrected chi connectivity index (χ1v) is 11.6. The van der Waals surface area contributed by atoms with Crippen LogP contribution in [-0.2, 0) is 21.4 Å². The predicted octanol–water partition coefficient (Wildman–Crippen LogP) is 3.96. The number of urea groups is 1. The summed E-state index contributed by atoms with van der Waals surface area (Å²) < 4.78 is 27.5. The molecule has 3 aromatic carbocycles. The van der Waals surface area contributed by atoms with Gasteiger partial charge in [0.25, 0.3) is 10.0 Å². The number of anilines is 2. The van der Waals surface area contributed by atoms with Gasteiger partial charge in [-0.1, -0.05) is 48.0 Å². The number of sulfonamides is 1. The zero-order valence-corrected chi connectivity index (χ0v) is 18.9. The van der Waals surface area contributed by atoms with Crippen molar-refractivity contribution >= 4 is 51.0 Å². The Hall–Kier alpha value is -3.82. The Kier molecular flexibility index (Phi) is 7.70. The summed E-state index contributed by atoms with van der Waals surface area (Å²) in [7, 11) is -3.80. The molecule has 170 valence electrons. The fourth-order valence-electron chi connectivity index (χ4n) is 2.77. The van der Waals surface area contributed by atoms with Gasteiger partial charge >= 0.3 is 6.03 Å². The van der Waals surface area contributed by atoms with Crippen LogP contribution in [0.5, 0.6) is 0 Å². The Morgan fingerprint density at radius 1 is 0.939 bits per heavy atom. The minimum absolute atomic E-state index is 0.0679. The Morgan fingerprint density at radius 3 is 2.24 bits per heavy atom. The minimum Gasteiger partial charge on any atom is -0.351 e. The second kappa shape index (κ2) is 10.7. The molecule has 3 rings (SSSR count). The number of rotatable bonds is 8. The normalized spacial score (nSPS) is 11.2. The highest BCUT2D eigenvalue weighted by Crippen LogP contribution is 2.24. The molecular weight excluding hydrogens is 464 g/mol. The molecule has 0 heterocycles. The van der Waals surface area contributed by atoms with Crippen LogP contribution in [0.4, 0.5) is 16.2 Å². The van der Waals surface area contributed by atoms with Crippen LogP contribution in [0.25, 0.3) is 6.08 Å². The first kappa shape index (κ1) is 23.8. The van der Waals surface area contributed by atoms with Crippen molar-refractivity contribution in [2.45, 2.75) is 11.4 Å². The van der Waals surface area contributed by atoms with E-state index in [0.717, 1.165) is 5.56 Å². The molecular formula is C23H21ClN4O4S. The standard InChI is InChI=1S/C23H21ClN4O4S/c24-20-3-1-2-4-21(20)28-33(31,32)19-12-7-16(8-13-19)9-14-22(29)26-15-17-5-10-18(11-6-17)27-23(25)30/h1-14,28H,15H2,(H,26,29)(H3,25,27,30)/b14-9+. The molecule has 0 atom stereocenters. The first-order valence-electron chi connectivity index (χ1n) is 9.72. The van der Waals surface area contributed by atoms with Crippen molar-refractivity contribution in [2.75, 3.05) is 10.0 Å². The highest BCUT2D eigenvalue weighted by Gasteiger charge is 2.15. The number of hydrogen-bond acceptors (Lipinski definition) is 4. The van der Waals surface area contributed by atoms with Crippen molar-refractivity contribution < 1.29 is 18.0 Å². The third-order valence-corrected chi connectivity index (χ3v) is 6.13. The van der Waals surface area contributed by atoms with Gasteiger partial charge < -0.3 is 16.4 Å². The smallest absolute Gasteiger partial charge is 0.316 e. The molecule has 0 radical (unpaired) electrons. The van der Waals surface area contributed by atoms with E-state index < -0.39 is 16.1 Å². The summed E-state index contributed by atoms with van der Waals surface area (Å²) in [4.78, 5) is 23.0. The summed E-state index contributed by atoms with van der Waals surface area (Å²) >= 11 is 6.01. The van der Waals surface area contributed by atoms with Gasteiger partial charge in [-0.3, -0.25) is 9.52 Å². The van der Waals surface area contributed by atoms with E-state index in [4.69, 9.17) is 17.3 Å². The van der Waals surface area contributed by atoms with Gasteiger partial charge in [-0.25, -0.2) is 13.2 Å². The number of nitrogens with one attached hydrogen (secondary N) is 3. The van der Waals surface area contributed by atoms with Crippen molar-refractivity contribution in [3.8, 4) is 0 Å². The Bertz CT molecular complexity index is 1270. The van der Waals surface area contributed by atoms with E-state index in [-0.39, 0.29) is 10.8 Å². The number of amides is 3. The lowest BCUT2D eigenvalue weighted by molar-refractivity contribution is -0.116. The third kappa shape index (κ3) is 7.09. The lowest BCUT2D eigenvalue weighted by Gasteiger charge is -2.09. The van der Waals surface area contributed by atoms with Crippen LogP contribution >= 0.6 is 11.6 Å². The van der Waals surface area contributed by atoms with Crippen molar-refractivity contribution in [2.24, 2.45) is 5.73 Å². The number of hydrogen-bond donors (Lipinski definition) is 4. The molecule has 3 amide bonds. The Balaban J connectivity index is 1.55. The maximum absolute atomic E-state index is 12.5. The van der Waals surface area contributed by atoms with Crippen LogP contribution in [-0.4, -0.2) is 20.4 Å². The number of nitrogens with two attached hydrogens (primary N) is 1. The monoisotopic (exact) mass is 484 g/mol. The van der Waals surface area contributed by atoms with Gasteiger partial charge in [-0.15, -0.1) is 0 Å². The molecule has 0 aromatic heterocycles. The van der Waals surface area contributed by atoms with Gasteiger partial charge in [0.2, 0.25) is 5.91 Å². The number of benzene rings is 3. The van der Waals surface area contributed by atoms with Crippen LogP contribution < -0.4 is 21.1 Å². The second-order valence-electron chi connectivity index (χ2n) is 6.89. The fourth-order valence-corrected chi connectivity index (χ4v) is 4.09. The second-order valence-corrected chi connectivity index (χ2v) is 8.98. The van der Waals surface area contributed by atoms with Crippen molar-refractivity contribution in [3.63, 3.8) is 0 Å². The van der Waals surface area contributed by atoms with Gasteiger partial charge in [0, 0.05) is 18.3 Å². The quantitative estimate of drug-likeness (QED) is 0.360. The van der Waals surface area contributed by atoms with Gasteiger partial charge in [-0.05, 0) is 53.6 Å². The summed E-state index contributed by atoms with van der Waals surface area (Å²) in [6.07, 6.45) is 2.93. The van der Waals surface area contributed by atoms with E-state index >= 15 is 0 Å². The Labute approximate surface area is 196 Å². The number of halogens is 1. The molecule has 0 aliphatic heterocycles.